The number of rotatable bonds is 3. The molecule has 1 unspecified atom stereocenters. The summed E-state index contributed by atoms with van der Waals surface area (Å²) >= 11 is 6.05. The second-order valence-electron chi connectivity index (χ2n) is 7.41. The summed E-state index contributed by atoms with van der Waals surface area (Å²) in [5, 5.41) is 10.4. The standard InChI is InChI=1S/C19H23ClN4O2/c1-19(2,25)14-5-3-13(4-6-14)10-23-11-15-12-26-8-7-24(15)17-16(23)9-21-18(20)22-17/h3-6,9,15,25H,7-8,10-12H2,1-2H3. The summed E-state index contributed by atoms with van der Waals surface area (Å²) in [6.45, 7) is 7.40. The Balaban J connectivity index is 1.62. The molecule has 1 aromatic heterocycles. The lowest BCUT2D eigenvalue weighted by molar-refractivity contribution is 0.0786. The molecule has 0 spiro atoms. The van der Waals surface area contributed by atoms with Crippen LogP contribution in [0.4, 0.5) is 11.5 Å². The molecule has 138 valence electrons. The molecule has 0 radical (unpaired) electrons. The van der Waals surface area contributed by atoms with E-state index in [1.54, 1.807) is 13.8 Å². The van der Waals surface area contributed by atoms with Gasteiger partial charge in [-0.2, -0.15) is 4.98 Å². The van der Waals surface area contributed by atoms with Gasteiger partial charge in [-0.25, -0.2) is 4.98 Å². The van der Waals surface area contributed by atoms with Gasteiger partial charge in [-0.05, 0) is 36.6 Å². The van der Waals surface area contributed by atoms with Crippen LogP contribution in [0.25, 0.3) is 0 Å². The third-order valence-electron chi connectivity index (χ3n) is 5.03. The van der Waals surface area contributed by atoms with Gasteiger partial charge in [0.25, 0.3) is 0 Å². The van der Waals surface area contributed by atoms with Crippen molar-refractivity contribution in [3.05, 3.63) is 46.9 Å². The van der Waals surface area contributed by atoms with E-state index >= 15 is 0 Å². The highest BCUT2D eigenvalue weighted by Gasteiger charge is 2.34. The topological polar surface area (TPSA) is 61.7 Å². The highest BCUT2D eigenvalue weighted by Crippen LogP contribution is 2.36. The first kappa shape index (κ1) is 17.5. The first-order valence-electron chi connectivity index (χ1n) is 8.85. The minimum Gasteiger partial charge on any atom is -0.386 e. The Bertz CT molecular complexity index is 791. The van der Waals surface area contributed by atoms with Gasteiger partial charge in [-0.1, -0.05) is 24.3 Å². The van der Waals surface area contributed by atoms with Crippen LogP contribution in [-0.2, 0) is 16.9 Å². The normalized spacial score (nSPS) is 19.9. The molecular weight excluding hydrogens is 352 g/mol. The van der Waals surface area contributed by atoms with Crippen LogP contribution in [0.3, 0.4) is 0 Å². The molecule has 2 aromatic rings. The van der Waals surface area contributed by atoms with Gasteiger partial charge in [0.1, 0.15) is 0 Å². The van der Waals surface area contributed by atoms with Crippen molar-refractivity contribution in [2.75, 3.05) is 36.1 Å². The fourth-order valence-corrected chi connectivity index (χ4v) is 3.73. The Kier molecular flexibility index (Phi) is 4.50. The predicted molar refractivity (Wildman–Crippen MR) is 102 cm³/mol. The molecule has 1 atom stereocenters. The van der Waals surface area contributed by atoms with E-state index in [0.717, 1.165) is 36.7 Å². The van der Waals surface area contributed by atoms with Gasteiger partial charge in [-0.15, -0.1) is 0 Å². The molecule has 4 rings (SSSR count). The van der Waals surface area contributed by atoms with E-state index in [1.807, 2.05) is 18.3 Å². The van der Waals surface area contributed by atoms with E-state index in [0.29, 0.717) is 13.2 Å². The number of nitrogens with zero attached hydrogens (tertiary/aromatic N) is 4. The van der Waals surface area contributed by atoms with Crippen LogP contribution in [-0.4, -0.2) is 47.4 Å². The summed E-state index contributed by atoms with van der Waals surface area (Å²) in [5.41, 5.74) is 2.24. The van der Waals surface area contributed by atoms with Crippen LogP contribution in [0.2, 0.25) is 5.28 Å². The van der Waals surface area contributed by atoms with Gasteiger partial charge in [-0.3, -0.25) is 0 Å². The monoisotopic (exact) mass is 374 g/mol. The Morgan fingerprint density at radius 3 is 2.81 bits per heavy atom. The van der Waals surface area contributed by atoms with Gasteiger partial charge in [0.15, 0.2) is 5.82 Å². The molecule has 6 nitrogen and oxygen atoms in total. The Morgan fingerprint density at radius 2 is 2.08 bits per heavy atom. The lowest BCUT2D eigenvalue weighted by atomic mass is 9.97. The number of fused-ring (bicyclic) bond motifs is 3. The molecule has 0 bridgehead atoms. The number of aromatic nitrogens is 2. The average Bonchev–Trinajstić information content (AvgIpc) is 2.61. The summed E-state index contributed by atoms with van der Waals surface area (Å²) in [6.07, 6.45) is 1.81. The molecule has 0 amide bonds. The van der Waals surface area contributed by atoms with E-state index in [9.17, 15) is 5.11 Å². The van der Waals surface area contributed by atoms with Crippen molar-refractivity contribution >= 4 is 23.1 Å². The van der Waals surface area contributed by atoms with Crippen molar-refractivity contribution in [1.82, 2.24) is 9.97 Å². The van der Waals surface area contributed by atoms with E-state index in [1.165, 1.54) is 5.56 Å². The minimum atomic E-state index is -0.833. The Labute approximate surface area is 158 Å². The van der Waals surface area contributed by atoms with Crippen LogP contribution < -0.4 is 9.80 Å². The van der Waals surface area contributed by atoms with Gasteiger partial charge >= 0.3 is 0 Å². The zero-order valence-corrected chi connectivity index (χ0v) is 15.8. The van der Waals surface area contributed by atoms with Crippen molar-refractivity contribution < 1.29 is 9.84 Å². The van der Waals surface area contributed by atoms with Crippen molar-refractivity contribution in [3.63, 3.8) is 0 Å². The van der Waals surface area contributed by atoms with Gasteiger partial charge in [0.2, 0.25) is 5.28 Å². The number of hydrogen-bond donors (Lipinski definition) is 1. The van der Waals surface area contributed by atoms with Gasteiger partial charge in [0, 0.05) is 19.6 Å². The summed E-state index contributed by atoms with van der Waals surface area (Å²) in [7, 11) is 0. The second kappa shape index (κ2) is 6.68. The summed E-state index contributed by atoms with van der Waals surface area (Å²) in [6, 6.07) is 8.35. The van der Waals surface area contributed by atoms with Crippen LogP contribution in [0.5, 0.6) is 0 Å². The van der Waals surface area contributed by atoms with E-state index in [2.05, 4.69) is 31.9 Å². The molecule has 2 aliphatic heterocycles. The Hall–Kier alpha value is -1.89. The molecule has 2 aliphatic rings. The second-order valence-corrected chi connectivity index (χ2v) is 7.74. The molecule has 26 heavy (non-hydrogen) atoms. The fraction of sp³-hybridized carbons (Fsp3) is 0.474. The maximum atomic E-state index is 10.1. The zero-order valence-electron chi connectivity index (χ0n) is 15.0. The van der Waals surface area contributed by atoms with E-state index in [-0.39, 0.29) is 11.3 Å². The quantitative estimate of drug-likeness (QED) is 0.833. The van der Waals surface area contributed by atoms with E-state index in [4.69, 9.17) is 16.3 Å². The van der Waals surface area contributed by atoms with Crippen LogP contribution in [0, 0.1) is 0 Å². The van der Waals surface area contributed by atoms with Crippen molar-refractivity contribution in [2.24, 2.45) is 0 Å². The molecule has 0 saturated carbocycles. The Morgan fingerprint density at radius 1 is 1.31 bits per heavy atom. The maximum Gasteiger partial charge on any atom is 0.224 e. The molecule has 1 N–H and O–H groups in total. The third kappa shape index (κ3) is 3.37. The maximum absolute atomic E-state index is 10.1. The number of ether oxygens (including phenoxy) is 1. The average molecular weight is 375 g/mol. The highest BCUT2D eigenvalue weighted by atomic mass is 35.5. The summed E-state index contributed by atoms with van der Waals surface area (Å²) in [4.78, 5) is 13.2. The molecule has 7 heteroatoms. The molecular formula is C19H23ClN4O2. The lowest BCUT2D eigenvalue weighted by Gasteiger charge is -2.45. The first-order chi connectivity index (χ1) is 12.4. The predicted octanol–water partition coefficient (Wildman–Crippen LogP) is 2.58. The summed E-state index contributed by atoms with van der Waals surface area (Å²) < 4.78 is 5.66. The molecule has 1 saturated heterocycles. The minimum absolute atomic E-state index is 0.262. The summed E-state index contributed by atoms with van der Waals surface area (Å²) in [5.74, 6) is 0.887. The molecule has 1 fully saturated rings. The van der Waals surface area contributed by atoms with Crippen molar-refractivity contribution in [2.45, 2.75) is 32.0 Å². The smallest absolute Gasteiger partial charge is 0.224 e. The molecule has 0 aliphatic carbocycles. The van der Waals surface area contributed by atoms with Crippen LogP contribution in [0.1, 0.15) is 25.0 Å². The highest BCUT2D eigenvalue weighted by molar-refractivity contribution is 6.28. The fourth-order valence-electron chi connectivity index (χ4n) is 3.61. The molecule has 1 aromatic carbocycles. The van der Waals surface area contributed by atoms with Crippen LogP contribution in [0.15, 0.2) is 30.5 Å². The largest absolute Gasteiger partial charge is 0.386 e. The van der Waals surface area contributed by atoms with Crippen molar-refractivity contribution in [1.29, 1.82) is 0 Å². The number of aliphatic hydroxyl groups is 1. The lowest BCUT2D eigenvalue weighted by Crippen LogP contribution is -2.55. The van der Waals surface area contributed by atoms with Crippen molar-refractivity contribution in [3.8, 4) is 0 Å². The molecule has 3 heterocycles. The number of halogens is 1. The first-order valence-corrected chi connectivity index (χ1v) is 9.23. The number of morpholine rings is 1. The number of anilines is 2. The SMILES string of the molecule is CC(C)(O)c1ccc(CN2CC3COCCN3c3nc(Cl)ncc32)cc1. The number of benzene rings is 1. The van der Waals surface area contributed by atoms with Crippen LogP contribution >= 0.6 is 11.6 Å². The van der Waals surface area contributed by atoms with Gasteiger partial charge in [0.05, 0.1) is 36.7 Å². The van der Waals surface area contributed by atoms with Gasteiger partial charge < -0.3 is 19.6 Å². The zero-order chi connectivity index (χ0) is 18.3. The third-order valence-corrected chi connectivity index (χ3v) is 5.21. The van der Waals surface area contributed by atoms with E-state index < -0.39 is 5.60 Å². The number of hydrogen-bond acceptors (Lipinski definition) is 6.